The molecule has 0 aromatic heterocycles. The lowest BCUT2D eigenvalue weighted by Gasteiger charge is -2.26. The van der Waals surface area contributed by atoms with Crippen molar-refractivity contribution >= 4 is 21.4 Å². The highest BCUT2D eigenvalue weighted by atomic mass is 32.2. The maximum absolute atomic E-state index is 12.7. The van der Waals surface area contributed by atoms with E-state index in [2.05, 4.69) is 5.32 Å². The number of nitrogens with one attached hydrogen (secondary N) is 1. The molecule has 1 atom stereocenters. The number of nitrogens with two attached hydrogens (primary N) is 1. The second-order valence-corrected chi connectivity index (χ2v) is 10.1. The average molecular weight is 399 g/mol. The van der Waals surface area contributed by atoms with Gasteiger partial charge in [0.05, 0.1) is 16.2 Å². The predicted molar refractivity (Wildman–Crippen MR) is 110 cm³/mol. The monoisotopic (exact) mass is 398 g/mol. The molecule has 5 nitrogen and oxygen atoms in total. The molecule has 1 fully saturated rings. The van der Waals surface area contributed by atoms with Gasteiger partial charge in [-0.2, -0.15) is 0 Å². The average Bonchev–Trinajstić information content (AvgIpc) is 3.24. The molecule has 2 aromatic carbocycles. The van der Waals surface area contributed by atoms with Crippen LogP contribution in [0.5, 0.6) is 0 Å². The van der Waals surface area contributed by atoms with Gasteiger partial charge < -0.3 is 11.1 Å². The number of benzene rings is 2. The minimum Gasteiger partial charge on any atom is -0.399 e. The zero-order valence-corrected chi connectivity index (χ0v) is 16.7. The van der Waals surface area contributed by atoms with E-state index in [-0.39, 0.29) is 17.2 Å². The van der Waals surface area contributed by atoms with Crippen LogP contribution in [0.1, 0.15) is 66.1 Å². The van der Waals surface area contributed by atoms with Crippen LogP contribution in [0.15, 0.2) is 47.4 Å². The topological polar surface area (TPSA) is 89.3 Å². The number of carbonyl (C=O) groups is 1. The Bertz CT molecular complexity index is 977. The number of aryl methyl sites for hydroxylation is 1. The summed E-state index contributed by atoms with van der Waals surface area (Å²) >= 11 is 0. The number of hydrogen-bond acceptors (Lipinski definition) is 4. The molecule has 2 aliphatic rings. The Balaban J connectivity index is 1.49. The number of amides is 1. The smallest absolute Gasteiger partial charge is 0.251 e. The van der Waals surface area contributed by atoms with Crippen molar-refractivity contribution in [3.63, 3.8) is 0 Å². The summed E-state index contributed by atoms with van der Waals surface area (Å²) in [5, 5.41) is 2.82. The third kappa shape index (κ3) is 3.65. The molecule has 1 saturated carbocycles. The lowest BCUT2D eigenvalue weighted by atomic mass is 9.87. The zero-order valence-electron chi connectivity index (χ0n) is 15.9. The fraction of sp³-hybridized carbons (Fsp3) is 0.409. The Morgan fingerprint density at radius 1 is 0.964 bits per heavy atom. The lowest BCUT2D eigenvalue weighted by molar-refractivity contribution is 0.0932. The largest absolute Gasteiger partial charge is 0.399 e. The molecule has 0 saturated heterocycles. The number of rotatable bonds is 4. The van der Waals surface area contributed by atoms with Crippen molar-refractivity contribution < 1.29 is 13.2 Å². The summed E-state index contributed by atoms with van der Waals surface area (Å²) in [5.74, 6) is -0.181. The van der Waals surface area contributed by atoms with Crippen molar-refractivity contribution in [1.82, 2.24) is 5.32 Å². The summed E-state index contributed by atoms with van der Waals surface area (Å²) in [6.07, 6.45) is 6.27. The molecule has 2 aromatic rings. The van der Waals surface area contributed by atoms with Gasteiger partial charge in [0.15, 0.2) is 9.84 Å². The molecule has 28 heavy (non-hydrogen) atoms. The minimum absolute atomic E-state index is 0.0428. The van der Waals surface area contributed by atoms with Crippen LogP contribution in [0, 0.1) is 0 Å². The van der Waals surface area contributed by atoms with E-state index in [1.54, 1.807) is 24.3 Å². The van der Waals surface area contributed by atoms with Crippen LogP contribution in [0.2, 0.25) is 0 Å². The van der Waals surface area contributed by atoms with Crippen LogP contribution in [0.25, 0.3) is 0 Å². The van der Waals surface area contributed by atoms with E-state index in [9.17, 15) is 13.2 Å². The molecular weight excluding hydrogens is 372 g/mol. The second kappa shape index (κ2) is 7.59. The van der Waals surface area contributed by atoms with Crippen LogP contribution in [0.3, 0.4) is 0 Å². The number of fused-ring (bicyclic) bond motifs is 1. The first kappa shape index (κ1) is 19.0. The van der Waals surface area contributed by atoms with Crippen molar-refractivity contribution in [2.75, 3.05) is 5.73 Å². The first-order chi connectivity index (χ1) is 13.4. The standard InChI is InChI=1S/C22H26N2O3S/c23-17-10-13-20-16(14-17)4-3-7-21(20)24-22(25)15-8-11-19(12-9-15)28(26,27)18-5-1-2-6-18/h8-14,18,21H,1-7,23H2,(H,24,25). The fourth-order valence-electron chi connectivity index (χ4n) is 4.41. The van der Waals surface area contributed by atoms with Gasteiger partial charge in [0.1, 0.15) is 0 Å². The molecule has 0 spiro atoms. The summed E-state index contributed by atoms with van der Waals surface area (Å²) < 4.78 is 25.4. The van der Waals surface area contributed by atoms with Gasteiger partial charge in [-0.3, -0.25) is 4.79 Å². The summed E-state index contributed by atoms with van der Waals surface area (Å²) in [4.78, 5) is 13.0. The van der Waals surface area contributed by atoms with E-state index in [4.69, 9.17) is 5.73 Å². The van der Waals surface area contributed by atoms with Gasteiger partial charge in [0.25, 0.3) is 5.91 Å². The third-order valence-corrected chi connectivity index (χ3v) is 8.25. The lowest BCUT2D eigenvalue weighted by Crippen LogP contribution is -2.31. The van der Waals surface area contributed by atoms with Crippen molar-refractivity contribution in [3.8, 4) is 0 Å². The molecule has 148 valence electrons. The molecule has 3 N–H and O–H groups in total. The molecule has 2 aliphatic carbocycles. The van der Waals surface area contributed by atoms with E-state index < -0.39 is 9.84 Å². The van der Waals surface area contributed by atoms with Gasteiger partial charge >= 0.3 is 0 Å². The Labute approximate surface area is 166 Å². The van der Waals surface area contributed by atoms with Crippen LogP contribution in [-0.2, 0) is 16.3 Å². The highest BCUT2D eigenvalue weighted by molar-refractivity contribution is 7.92. The molecule has 0 radical (unpaired) electrons. The van der Waals surface area contributed by atoms with E-state index in [0.717, 1.165) is 56.2 Å². The molecule has 1 amide bonds. The van der Waals surface area contributed by atoms with Crippen molar-refractivity contribution in [1.29, 1.82) is 0 Å². The minimum atomic E-state index is -3.30. The second-order valence-electron chi connectivity index (χ2n) is 7.85. The fourth-order valence-corrected chi connectivity index (χ4v) is 6.27. The Morgan fingerprint density at radius 3 is 2.39 bits per heavy atom. The van der Waals surface area contributed by atoms with Gasteiger partial charge in [-0.1, -0.05) is 18.9 Å². The molecule has 0 bridgehead atoms. The van der Waals surface area contributed by atoms with E-state index in [1.807, 2.05) is 18.2 Å². The maximum atomic E-state index is 12.7. The van der Waals surface area contributed by atoms with Gasteiger partial charge in [-0.05, 0) is 79.6 Å². The summed E-state index contributed by atoms with van der Waals surface area (Å²) in [7, 11) is -3.30. The van der Waals surface area contributed by atoms with E-state index >= 15 is 0 Å². The molecule has 6 heteroatoms. The molecule has 4 rings (SSSR count). The van der Waals surface area contributed by atoms with E-state index in [0.29, 0.717) is 10.5 Å². The molecule has 0 aliphatic heterocycles. The Morgan fingerprint density at radius 2 is 1.68 bits per heavy atom. The van der Waals surface area contributed by atoms with Crippen molar-refractivity contribution in [2.24, 2.45) is 0 Å². The highest BCUT2D eigenvalue weighted by Crippen LogP contribution is 2.32. The maximum Gasteiger partial charge on any atom is 0.251 e. The quantitative estimate of drug-likeness (QED) is 0.767. The van der Waals surface area contributed by atoms with Gasteiger partial charge in [0.2, 0.25) is 0 Å². The van der Waals surface area contributed by atoms with Gasteiger partial charge in [-0.15, -0.1) is 0 Å². The number of nitrogen functional groups attached to an aromatic ring is 1. The number of sulfone groups is 1. The molecule has 1 unspecified atom stereocenters. The normalized spacial score (nSPS) is 19.9. The number of carbonyl (C=O) groups excluding carboxylic acids is 1. The Hall–Kier alpha value is -2.34. The van der Waals surface area contributed by atoms with Gasteiger partial charge in [-0.25, -0.2) is 8.42 Å². The number of anilines is 1. The van der Waals surface area contributed by atoms with Crippen LogP contribution in [0.4, 0.5) is 5.69 Å². The van der Waals surface area contributed by atoms with Crippen molar-refractivity contribution in [2.45, 2.75) is 61.1 Å². The van der Waals surface area contributed by atoms with E-state index in [1.165, 1.54) is 5.56 Å². The summed E-state index contributed by atoms with van der Waals surface area (Å²) in [5.41, 5.74) is 9.41. The highest BCUT2D eigenvalue weighted by Gasteiger charge is 2.30. The van der Waals surface area contributed by atoms with Crippen molar-refractivity contribution in [3.05, 3.63) is 59.2 Å². The summed E-state index contributed by atoms with van der Waals surface area (Å²) in [6, 6.07) is 12.2. The van der Waals surface area contributed by atoms with Crippen LogP contribution < -0.4 is 11.1 Å². The SMILES string of the molecule is Nc1ccc2c(c1)CCCC2NC(=O)c1ccc(S(=O)(=O)C2CCCC2)cc1. The van der Waals surface area contributed by atoms with Crippen LogP contribution >= 0.6 is 0 Å². The molecule has 0 heterocycles. The first-order valence-corrected chi connectivity index (χ1v) is 11.5. The predicted octanol–water partition coefficient (Wildman–Crippen LogP) is 3.79. The third-order valence-electron chi connectivity index (χ3n) is 5.97. The number of hydrogen-bond donors (Lipinski definition) is 2. The summed E-state index contributed by atoms with van der Waals surface area (Å²) in [6.45, 7) is 0. The van der Waals surface area contributed by atoms with Gasteiger partial charge in [0, 0.05) is 11.3 Å². The first-order valence-electron chi connectivity index (χ1n) is 9.98. The molecular formula is C22H26N2O3S. The van der Waals surface area contributed by atoms with Crippen LogP contribution in [-0.4, -0.2) is 19.6 Å². The zero-order chi connectivity index (χ0) is 19.7. The Kier molecular flexibility index (Phi) is 5.15.